The first kappa shape index (κ1) is 49.0. The van der Waals surface area contributed by atoms with Gasteiger partial charge in [0.05, 0.1) is 13.0 Å². The van der Waals surface area contributed by atoms with Gasteiger partial charge in [-0.1, -0.05) is 135 Å². The van der Waals surface area contributed by atoms with Gasteiger partial charge in [0.15, 0.2) is 28.2 Å². The summed E-state index contributed by atoms with van der Waals surface area (Å²) in [5, 5.41) is 0. The molecular weight excluding hydrogens is 908 g/mol. The van der Waals surface area contributed by atoms with Gasteiger partial charge in [0.2, 0.25) is 21.7 Å². The average molecular weight is 955 g/mol. The van der Waals surface area contributed by atoms with Crippen LogP contribution in [0, 0.1) is 29.1 Å². The Labute approximate surface area is 390 Å². The van der Waals surface area contributed by atoms with Crippen molar-refractivity contribution >= 4 is 33.6 Å². The van der Waals surface area contributed by atoms with Crippen molar-refractivity contribution in [2.24, 2.45) is 0 Å². The van der Waals surface area contributed by atoms with E-state index >= 15 is 13.6 Å². The highest BCUT2D eigenvalue weighted by atomic mass is 32.2. The van der Waals surface area contributed by atoms with Gasteiger partial charge in [0, 0.05) is 18.8 Å². The molecule has 1 fully saturated rings. The van der Waals surface area contributed by atoms with Crippen LogP contribution in [0.2, 0.25) is 0 Å². The Morgan fingerprint density at radius 2 is 1.13 bits per heavy atom. The monoisotopic (exact) mass is 954 g/mol. The van der Waals surface area contributed by atoms with Crippen molar-refractivity contribution < 1.29 is 59.0 Å². The standard InChI is InChI=1S/C52H47F5N2O8S/c1-58(68(63,64)50-48(56)46(54)45(53)47(55)49(50)57)42(29-44(60)66-32-36-16-8-3-9-17-36)51(61)59(30-34-22-24-39(25-23-34)38-20-12-5-13-21-38)40-26-27-41(52(62)67-33-37-18-10-4-11-19-37)43(28-40)65-31-35-14-6-2-7-15-35/h2-4,6-11,14-19,22-28,38,42H,5,12-13,20-21,29-33H2,1H3/t42-/m0/s1. The number of halogens is 5. The molecule has 1 amide bonds. The molecular formula is C52H47F5N2O8S. The molecule has 0 bridgehead atoms. The minimum atomic E-state index is -5.82. The summed E-state index contributed by atoms with van der Waals surface area (Å²) < 4.78 is 120. The minimum Gasteiger partial charge on any atom is -0.488 e. The number of sulfonamides is 1. The summed E-state index contributed by atoms with van der Waals surface area (Å²) in [4.78, 5) is 41.5. The molecule has 1 atom stereocenters. The normalized spacial score (nSPS) is 13.5. The quantitative estimate of drug-likeness (QED) is 0.0362. The molecule has 0 unspecified atom stereocenters. The first-order chi connectivity index (χ1) is 32.7. The Balaban J connectivity index is 1.32. The summed E-state index contributed by atoms with van der Waals surface area (Å²) in [6.07, 6.45) is 4.21. The molecule has 0 spiro atoms. The number of ether oxygens (including phenoxy) is 3. The Bertz CT molecular complexity index is 2800. The van der Waals surface area contributed by atoms with Gasteiger partial charge in [-0.05, 0) is 58.7 Å². The highest BCUT2D eigenvalue weighted by Gasteiger charge is 2.43. The van der Waals surface area contributed by atoms with E-state index in [1.165, 1.54) is 18.2 Å². The van der Waals surface area contributed by atoms with Crippen molar-refractivity contribution in [3.8, 4) is 5.75 Å². The number of amides is 1. The van der Waals surface area contributed by atoms with Gasteiger partial charge >= 0.3 is 11.9 Å². The van der Waals surface area contributed by atoms with E-state index in [0.29, 0.717) is 35.2 Å². The summed E-state index contributed by atoms with van der Waals surface area (Å²) in [5.74, 6) is -15.9. The summed E-state index contributed by atoms with van der Waals surface area (Å²) in [7, 11) is -5.15. The van der Waals surface area contributed by atoms with E-state index in [1.54, 1.807) is 97.1 Å². The van der Waals surface area contributed by atoms with Crippen LogP contribution in [0.4, 0.5) is 27.6 Å². The fourth-order valence-electron chi connectivity index (χ4n) is 7.94. The first-order valence-electron chi connectivity index (χ1n) is 21.8. The second-order valence-electron chi connectivity index (χ2n) is 16.3. The molecule has 0 aromatic heterocycles. The molecule has 0 radical (unpaired) electrons. The Kier molecular flexibility index (Phi) is 16.0. The van der Waals surface area contributed by atoms with Crippen LogP contribution in [0.1, 0.15) is 82.6 Å². The van der Waals surface area contributed by atoms with E-state index in [0.717, 1.165) is 42.6 Å². The van der Waals surface area contributed by atoms with Crippen molar-refractivity contribution in [3.63, 3.8) is 0 Å². The van der Waals surface area contributed by atoms with E-state index in [9.17, 15) is 31.2 Å². The van der Waals surface area contributed by atoms with Crippen LogP contribution in [0.15, 0.2) is 138 Å². The Hall–Kier alpha value is -6.91. The number of nitrogens with zero attached hydrogens (tertiary/aromatic N) is 2. The predicted octanol–water partition coefficient (Wildman–Crippen LogP) is 10.7. The molecule has 1 aliphatic carbocycles. The van der Waals surface area contributed by atoms with Crippen molar-refractivity contribution in [2.45, 2.75) is 81.7 Å². The van der Waals surface area contributed by atoms with Crippen molar-refractivity contribution in [3.05, 3.63) is 196 Å². The third-order valence-corrected chi connectivity index (χ3v) is 13.6. The molecule has 10 nitrogen and oxygen atoms in total. The van der Waals surface area contributed by atoms with E-state index in [-0.39, 0.29) is 47.7 Å². The second-order valence-corrected chi connectivity index (χ2v) is 18.2. The molecule has 354 valence electrons. The van der Waals surface area contributed by atoms with E-state index in [1.807, 2.05) is 18.2 Å². The smallest absolute Gasteiger partial charge is 0.342 e. The van der Waals surface area contributed by atoms with Crippen LogP contribution < -0.4 is 9.64 Å². The lowest BCUT2D eigenvalue weighted by Crippen LogP contribution is -2.50. The molecule has 68 heavy (non-hydrogen) atoms. The fraction of sp³-hybridized carbons (Fsp3) is 0.250. The van der Waals surface area contributed by atoms with Crippen LogP contribution in [0.3, 0.4) is 0 Å². The maximum absolute atomic E-state index is 15.3. The van der Waals surface area contributed by atoms with Gasteiger partial charge in [-0.3, -0.25) is 9.59 Å². The highest BCUT2D eigenvalue weighted by Crippen LogP contribution is 2.35. The Morgan fingerprint density at radius 3 is 1.69 bits per heavy atom. The van der Waals surface area contributed by atoms with Crippen molar-refractivity contribution in [1.29, 1.82) is 0 Å². The zero-order valence-corrected chi connectivity index (χ0v) is 37.7. The number of esters is 2. The lowest BCUT2D eigenvalue weighted by molar-refractivity contribution is -0.147. The van der Waals surface area contributed by atoms with Gasteiger partial charge in [0.25, 0.3) is 0 Å². The average Bonchev–Trinajstić information content (AvgIpc) is 3.37. The Morgan fingerprint density at radius 1 is 0.618 bits per heavy atom. The minimum absolute atomic E-state index is 0.00119. The maximum Gasteiger partial charge on any atom is 0.342 e. The third-order valence-electron chi connectivity index (χ3n) is 11.7. The molecule has 6 aromatic rings. The zero-order chi connectivity index (χ0) is 48.4. The van der Waals surface area contributed by atoms with Crippen LogP contribution in [0.25, 0.3) is 0 Å². The third kappa shape index (κ3) is 11.6. The molecule has 6 aromatic carbocycles. The van der Waals surface area contributed by atoms with Crippen LogP contribution in [0.5, 0.6) is 5.75 Å². The molecule has 0 aliphatic heterocycles. The molecule has 0 saturated heterocycles. The number of hydrogen-bond donors (Lipinski definition) is 0. The number of hydrogen-bond acceptors (Lipinski definition) is 8. The van der Waals surface area contributed by atoms with Gasteiger partial charge in [-0.15, -0.1) is 0 Å². The lowest BCUT2D eigenvalue weighted by atomic mass is 9.84. The number of benzene rings is 6. The zero-order valence-electron chi connectivity index (χ0n) is 36.9. The first-order valence-corrected chi connectivity index (χ1v) is 23.3. The molecule has 0 N–H and O–H groups in total. The molecule has 7 rings (SSSR count). The van der Waals surface area contributed by atoms with E-state index in [2.05, 4.69) is 0 Å². The summed E-state index contributed by atoms with van der Waals surface area (Å²) >= 11 is 0. The number of carbonyl (C=O) groups is 3. The summed E-state index contributed by atoms with van der Waals surface area (Å²) in [6, 6.07) is 35.4. The summed E-state index contributed by atoms with van der Waals surface area (Å²) in [6.45, 7) is -0.785. The number of anilines is 1. The van der Waals surface area contributed by atoms with Crippen LogP contribution in [-0.2, 0) is 55.5 Å². The number of rotatable bonds is 18. The number of carbonyl (C=O) groups excluding carboxylic acids is 3. The van der Waals surface area contributed by atoms with Crippen molar-refractivity contribution in [1.82, 2.24) is 4.31 Å². The molecule has 16 heteroatoms. The largest absolute Gasteiger partial charge is 0.488 e. The predicted molar refractivity (Wildman–Crippen MR) is 242 cm³/mol. The van der Waals surface area contributed by atoms with Crippen molar-refractivity contribution in [2.75, 3.05) is 11.9 Å². The summed E-state index contributed by atoms with van der Waals surface area (Å²) in [5.41, 5.74) is 3.49. The van der Waals surface area contributed by atoms with Gasteiger partial charge < -0.3 is 19.1 Å². The molecule has 0 heterocycles. The van der Waals surface area contributed by atoms with E-state index in [4.69, 9.17) is 14.2 Å². The molecule has 1 aliphatic rings. The van der Waals surface area contributed by atoms with Gasteiger partial charge in [-0.2, -0.15) is 4.31 Å². The maximum atomic E-state index is 15.3. The topological polar surface area (TPSA) is 120 Å². The van der Waals surface area contributed by atoms with E-state index < -0.39 is 74.3 Å². The van der Waals surface area contributed by atoms with Crippen LogP contribution >= 0.6 is 0 Å². The lowest BCUT2D eigenvalue weighted by Gasteiger charge is -2.32. The van der Waals surface area contributed by atoms with Crippen LogP contribution in [-0.4, -0.2) is 43.7 Å². The fourth-order valence-corrected chi connectivity index (χ4v) is 9.36. The van der Waals surface area contributed by atoms with Gasteiger partial charge in [0.1, 0.15) is 37.2 Å². The molecule has 1 saturated carbocycles. The number of likely N-dealkylation sites (N-methyl/N-ethyl adjacent to an activating group) is 1. The van der Waals surface area contributed by atoms with Gasteiger partial charge in [-0.25, -0.2) is 35.2 Å². The highest BCUT2D eigenvalue weighted by molar-refractivity contribution is 7.89. The second kappa shape index (κ2) is 22.3. The SMILES string of the molecule is CN([C@@H](CC(=O)OCc1ccccc1)C(=O)N(Cc1ccc(C2CCCCC2)cc1)c1ccc(C(=O)OCc2ccccc2)c(OCc2ccccc2)c1)S(=O)(=O)c1c(F)c(F)c(F)c(F)c1F.